The van der Waals surface area contributed by atoms with Crippen molar-refractivity contribution in [1.82, 2.24) is 14.3 Å². The van der Waals surface area contributed by atoms with E-state index in [0.717, 1.165) is 25.1 Å². The van der Waals surface area contributed by atoms with E-state index in [-0.39, 0.29) is 0 Å². The standard InChI is InChI=1S/C17H22N4O2S/c1-14-7-10-18-17(20-14)19-13-15-8-11-21(12-9-15)24(22,23)16-5-3-2-4-6-16/h2-7,10,15H,8-9,11-13H2,1H3,(H,18,19,20). The minimum absolute atomic E-state index is 0.370. The molecule has 0 saturated carbocycles. The number of hydrogen-bond donors (Lipinski definition) is 1. The lowest BCUT2D eigenvalue weighted by atomic mass is 9.98. The predicted molar refractivity (Wildman–Crippen MR) is 93.2 cm³/mol. The van der Waals surface area contributed by atoms with Crippen LogP contribution in [0.5, 0.6) is 0 Å². The van der Waals surface area contributed by atoms with Crippen LogP contribution in [0.4, 0.5) is 5.95 Å². The minimum atomic E-state index is -3.37. The molecule has 2 aromatic rings. The molecule has 0 bridgehead atoms. The van der Waals surface area contributed by atoms with E-state index in [1.54, 1.807) is 34.8 Å². The first kappa shape index (κ1) is 16.9. The maximum Gasteiger partial charge on any atom is 0.243 e. The molecule has 2 heterocycles. The summed E-state index contributed by atoms with van der Waals surface area (Å²) in [6.07, 6.45) is 3.41. The van der Waals surface area contributed by atoms with Gasteiger partial charge in [-0.15, -0.1) is 0 Å². The van der Waals surface area contributed by atoms with Crippen LogP contribution in [0.1, 0.15) is 18.5 Å². The number of sulfonamides is 1. The van der Waals surface area contributed by atoms with E-state index in [0.29, 0.717) is 29.9 Å². The molecule has 7 heteroatoms. The molecule has 1 aliphatic rings. The van der Waals surface area contributed by atoms with Gasteiger partial charge < -0.3 is 5.32 Å². The second-order valence-corrected chi connectivity index (χ2v) is 8.00. The van der Waals surface area contributed by atoms with Crippen LogP contribution in [0.15, 0.2) is 47.5 Å². The fourth-order valence-electron chi connectivity index (χ4n) is 2.87. The third kappa shape index (κ3) is 3.91. The molecule has 0 unspecified atom stereocenters. The molecule has 1 N–H and O–H groups in total. The molecule has 3 rings (SSSR count). The van der Waals surface area contributed by atoms with Gasteiger partial charge in [0.1, 0.15) is 0 Å². The number of nitrogens with zero attached hydrogens (tertiary/aromatic N) is 3. The summed E-state index contributed by atoms with van der Waals surface area (Å²) in [5.74, 6) is 1.06. The Morgan fingerprint density at radius 1 is 1.17 bits per heavy atom. The van der Waals surface area contributed by atoms with Crippen molar-refractivity contribution in [2.24, 2.45) is 5.92 Å². The van der Waals surface area contributed by atoms with Crippen LogP contribution in [0.25, 0.3) is 0 Å². The number of benzene rings is 1. The Morgan fingerprint density at radius 2 is 1.88 bits per heavy atom. The topological polar surface area (TPSA) is 75.2 Å². The third-order valence-electron chi connectivity index (χ3n) is 4.30. The first-order chi connectivity index (χ1) is 11.6. The highest BCUT2D eigenvalue weighted by Crippen LogP contribution is 2.23. The molecule has 1 aliphatic heterocycles. The zero-order valence-electron chi connectivity index (χ0n) is 13.7. The fourth-order valence-corrected chi connectivity index (χ4v) is 4.36. The summed E-state index contributed by atoms with van der Waals surface area (Å²) < 4.78 is 26.8. The summed E-state index contributed by atoms with van der Waals surface area (Å²) in [6.45, 7) is 3.80. The van der Waals surface area contributed by atoms with Gasteiger partial charge >= 0.3 is 0 Å². The van der Waals surface area contributed by atoms with Gasteiger partial charge in [0.25, 0.3) is 0 Å². The molecular weight excluding hydrogens is 324 g/mol. The van der Waals surface area contributed by atoms with Crippen LogP contribution in [-0.2, 0) is 10.0 Å². The zero-order chi connectivity index (χ0) is 17.0. The summed E-state index contributed by atoms with van der Waals surface area (Å²) in [6, 6.07) is 10.5. The molecular formula is C17H22N4O2S. The van der Waals surface area contributed by atoms with Gasteiger partial charge in [0.2, 0.25) is 16.0 Å². The molecule has 128 valence electrons. The number of nitrogens with one attached hydrogen (secondary N) is 1. The van der Waals surface area contributed by atoms with Crippen molar-refractivity contribution >= 4 is 16.0 Å². The van der Waals surface area contributed by atoms with Crippen LogP contribution in [0.2, 0.25) is 0 Å². The van der Waals surface area contributed by atoms with Gasteiger partial charge in [-0.25, -0.2) is 18.4 Å². The maximum atomic E-state index is 12.6. The fraction of sp³-hybridized carbons (Fsp3) is 0.412. The summed E-state index contributed by atoms with van der Waals surface area (Å²) in [5.41, 5.74) is 0.927. The van der Waals surface area contributed by atoms with Crippen LogP contribution in [0.3, 0.4) is 0 Å². The smallest absolute Gasteiger partial charge is 0.243 e. The van der Waals surface area contributed by atoms with Gasteiger partial charge in [0, 0.05) is 31.5 Å². The summed E-state index contributed by atoms with van der Waals surface area (Å²) >= 11 is 0. The van der Waals surface area contributed by atoms with E-state index in [4.69, 9.17) is 0 Å². The molecule has 0 amide bonds. The Balaban J connectivity index is 1.54. The normalized spacial score (nSPS) is 16.9. The van der Waals surface area contributed by atoms with Crippen molar-refractivity contribution < 1.29 is 8.42 Å². The first-order valence-electron chi connectivity index (χ1n) is 8.14. The molecule has 6 nitrogen and oxygen atoms in total. The molecule has 0 spiro atoms. The quantitative estimate of drug-likeness (QED) is 0.899. The first-order valence-corrected chi connectivity index (χ1v) is 9.58. The molecule has 0 radical (unpaired) electrons. The van der Waals surface area contributed by atoms with Gasteiger partial charge in [-0.05, 0) is 43.9 Å². The maximum absolute atomic E-state index is 12.6. The van der Waals surface area contributed by atoms with Gasteiger partial charge in [-0.3, -0.25) is 0 Å². The number of aryl methyl sites for hydroxylation is 1. The highest BCUT2D eigenvalue weighted by Gasteiger charge is 2.29. The molecule has 1 aromatic carbocycles. The lowest BCUT2D eigenvalue weighted by Crippen LogP contribution is -2.39. The minimum Gasteiger partial charge on any atom is -0.354 e. The van der Waals surface area contributed by atoms with E-state index in [2.05, 4.69) is 15.3 Å². The van der Waals surface area contributed by atoms with Gasteiger partial charge in [-0.1, -0.05) is 18.2 Å². The number of hydrogen-bond acceptors (Lipinski definition) is 5. The number of piperidine rings is 1. The van der Waals surface area contributed by atoms with E-state index in [1.807, 2.05) is 19.1 Å². The molecule has 24 heavy (non-hydrogen) atoms. The second kappa shape index (κ2) is 7.27. The Hall–Kier alpha value is -1.99. The van der Waals surface area contributed by atoms with Crippen LogP contribution >= 0.6 is 0 Å². The lowest BCUT2D eigenvalue weighted by molar-refractivity contribution is 0.282. The van der Waals surface area contributed by atoms with Crippen molar-refractivity contribution in [2.75, 3.05) is 25.0 Å². The number of anilines is 1. The lowest BCUT2D eigenvalue weighted by Gasteiger charge is -2.31. The van der Waals surface area contributed by atoms with Gasteiger partial charge in [0.05, 0.1) is 4.90 Å². The average molecular weight is 346 g/mol. The third-order valence-corrected chi connectivity index (χ3v) is 6.21. The molecule has 0 aliphatic carbocycles. The van der Waals surface area contributed by atoms with Gasteiger partial charge in [0.15, 0.2) is 0 Å². The molecule has 0 atom stereocenters. The zero-order valence-corrected chi connectivity index (χ0v) is 14.5. The van der Waals surface area contributed by atoms with Crippen LogP contribution < -0.4 is 5.32 Å². The summed E-state index contributed by atoms with van der Waals surface area (Å²) in [4.78, 5) is 8.88. The number of aromatic nitrogens is 2. The average Bonchev–Trinajstić information content (AvgIpc) is 2.61. The van der Waals surface area contributed by atoms with E-state index in [1.165, 1.54) is 0 Å². The highest BCUT2D eigenvalue weighted by atomic mass is 32.2. The van der Waals surface area contributed by atoms with Crippen molar-refractivity contribution in [3.63, 3.8) is 0 Å². The van der Waals surface area contributed by atoms with E-state index >= 15 is 0 Å². The Labute approximate surface area is 143 Å². The predicted octanol–water partition coefficient (Wildman–Crippen LogP) is 2.30. The van der Waals surface area contributed by atoms with E-state index < -0.39 is 10.0 Å². The Bertz CT molecular complexity index is 772. The van der Waals surface area contributed by atoms with Gasteiger partial charge in [-0.2, -0.15) is 4.31 Å². The monoisotopic (exact) mass is 346 g/mol. The van der Waals surface area contributed by atoms with Crippen LogP contribution in [-0.4, -0.2) is 42.3 Å². The highest BCUT2D eigenvalue weighted by molar-refractivity contribution is 7.89. The molecule has 1 aromatic heterocycles. The van der Waals surface area contributed by atoms with Crippen molar-refractivity contribution in [3.8, 4) is 0 Å². The SMILES string of the molecule is Cc1ccnc(NCC2CCN(S(=O)(=O)c3ccccc3)CC2)n1. The summed E-state index contributed by atoms with van der Waals surface area (Å²) in [7, 11) is -3.37. The second-order valence-electron chi connectivity index (χ2n) is 6.06. The summed E-state index contributed by atoms with van der Waals surface area (Å²) in [5, 5.41) is 3.25. The van der Waals surface area contributed by atoms with E-state index in [9.17, 15) is 8.42 Å². The molecule has 1 saturated heterocycles. The Kier molecular flexibility index (Phi) is 5.11. The Morgan fingerprint density at radius 3 is 2.54 bits per heavy atom. The largest absolute Gasteiger partial charge is 0.354 e. The van der Waals surface area contributed by atoms with Crippen molar-refractivity contribution in [1.29, 1.82) is 0 Å². The molecule has 1 fully saturated rings. The van der Waals surface area contributed by atoms with Crippen molar-refractivity contribution in [2.45, 2.75) is 24.7 Å². The van der Waals surface area contributed by atoms with Crippen LogP contribution in [0, 0.1) is 12.8 Å². The van der Waals surface area contributed by atoms with Crippen molar-refractivity contribution in [3.05, 3.63) is 48.3 Å². The number of rotatable bonds is 5.